The molecule has 0 bridgehead atoms. The lowest BCUT2D eigenvalue weighted by molar-refractivity contribution is -0.110. The van der Waals surface area contributed by atoms with E-state index in [0.29, 0.717) is 0 Å². The highest BCUT2D eigenvalue weighted by molar-refractivity contribution is 5.98. The number of carbonyl (C=O) groups is 1. The van der Waals surface area contributed by atoms with Crippen molar-refractivity contribution in [2.45, 2.75) is 6.92 Å². The minimum absolute atomic E-state index is 0.0394. The van der Waals surface area contributed by atoms with Crippen LogP contribution in [0.1, 0.15) is 6.92 Å². The van der Waals surface area contributed by atoms with E-state index < -0.39 is 0 Å². The highest BCUT2D eigenvalue weighted by Crippen LogP contribution is 1.74. The third kappa shape index (κ3) is 2.97. The lowest BCUT2D eigenvalue weighted by Gasteiger charge is -1.72. The number of rotatable bonds is 2. The molecule has 0 spiro atoms. The van der Waals surface area contributed by atoms with Gasteiger partial charge in [-0.15, -0.1) is 0 Å². The molecule has 0 aliphatic heterocycles. The van der Waals surface area contributed by atoms with Crippen molar-refractivity contribution < 1.29 is 4.79 Å². The van der Waals surface area contributed by atoms with Crippen molar-refractivity contribution in [2.24, 2.45) is 0 Å². The molecule has 0 atom stereocenters. The minimum atomic E-state index is -0.0394. The van der Waals surface area contributed by atoms with Gasteiger partial charge in [0.1, 0.15) is 0 Å². The molecule has 0 saturated heterocycles. The minimum Gasteiger partial charge on any atom is -0.290 e. The van der Waals surface area contributed by atoms with Crippen molar-refractivity contribution in [3.63, 3.8) is 0 Å². The summed E-state index contributed by atoms with van der Waals surface area (Å²) in [6.45, 7) is 5.07. The summed E-state index contributed by atoms with van der Waals surface area (Å²) in [5, 5.41) is 0. The Morgan fingerprint density at radius 1 is 1.71 bits per heavy atom. The van der Waals surface area contributed by atoms with Crippen molar-refractivity contribution in [1.29, 1.82) is 0 Å². The first-order valence-electron chi connectivity index (χ1n) is 2.10. The average Bonchev–Trinajstić information content (AvgIpc) is 1.68. The smallest absolute Gasteiger partial charge is 0.177 e. The van der Waals surface area contributed by atoms with Gasteiger partial charge in [0.05, 0.1) is 0 Å². The third-order valence-corrected chi connectivity index (χ3v) is 0.532. The van der Waals surface area contributed by atoms with E-state index in [2.05, 4.69) is 6.58 Å². The molecule has 1 heteroatoms. The van der Waals surface area contributed by atoms with E-state index in [1.807, 2.05) is 0 Å². The molecule has 0 N–H and O–H groups in total. The van der Waals surface area contributed by atoms with Crippen LogP contribution in [0, 0.1) is 0 Å². The molecule has 0 radical (unpaired) electrons. The van der Waals surface area contributed by atoms with Gasteiger partial charge in [0.25, 0.3) is 0 Å². The summed E-state index contributed by atoms with van der Waals surface area (Å²) in [7, 11) is 0. The second-order valence-electron chi connectivity index (χ2n) is 1.11. The molecule has 38 valence electrons. The van der Waals surface area contributed by atoms with E-state index in [1.54, 1.807) is 13.0 Å². The van der Waals surface area contributed by atoms with Crippen LogP contribution in [0.5, 0.6) is 0 Å². The summed E-state index contributed by atoms with van der Waals surface area (Å²) in [4.78, 5) is 10.2. The van der Waals surface area contributed by atoms with Gasteiger partial charge >= 0.3 is 0 Å². The Kier molecular flexibility index (Phi) is 2.94. The van der Waals surface area contributed by atoms with Gasteiger partial charge in [0, 0.05) is 0 Å². The van der Waals surface area contributed by atoms with Crippen LogP contribution in [0.4, 0.5) is 0 Å². The summed E-state index contributed by atoms with van der Waals surface area (Å²) < 4.78 is 0. The first-order chi connectivity index (χ1) is 3.31. The first-order valence-corrected chi connectivity index (χ1v) is 2.10. The maximum atomic E-state index is 10.2. The fraction of sp³-hybridized carbons (Fsp3) is 0.167. The third-order valence-electron chi connectivity index (χ3n) is 0.532. The number of allylic oxidation sites excluding steroid dienone is 3. The van der Waals surface area contributed by atoms with Crippen molar-refractivity contribution >= 4 is 5.78 Å². The van der Waals surface area contributed by atoms with E-state index in [-0.39, 0.29) is 5.78 Å². The monoisotopic (exact) mass is 96.1 g/mol. The van der Waals surface area contributed by atoms with E-state index in [0.717, 1.165) is 0 Å². The Labute approximate surface area is 43.3 Å². The number of hydrogen-bond donors (Lipinski definition) is 0. The first kappa shape index (κ1) is 6.15. The van der Waals surface area contributed by atoms with Gasteiger partial charge in [0.2, 0.25) is 0 Å². The number of hydrogen-bond acceptors (Lipinski definition) is 1. The zero-order valence-electron chi connectivity index (χ0n) is 4.35. The molecule has 0 aromatic carbocycles. The highest BCUT2D eigenvalue weighted by Gasteiger charge is 1.78. The normalized spacial score (nSPS) is 9.29. The number of ketones is 1. The van der Waals surface area contributed by atoms with Crippen molar-refractivity contribution in [1.82, 2.24) is 0 Å². The summed E-state index contributed by atoms with van der Waals surface area (Å²) in [6, 6.07) is 0. The molecule has 0 unspecified atom stereocenters. The van der Waals surface area contributed by atoms with E-state index in [1.165, 1.54) is 12.2 Å². The Balaban J connectivity index is 3.58. The van der Waals surface area contributed by atoms with Crippen LogP contribution >= 0.6 is 0 Å². The molecule has 0 heterocycles. The molecule has 1 nitrogen and oxygen atoms in total. The van der Waals surface area contributed by atoms with Gasteiger partial charge in [-0.3, -0.25) is 4.79 Å². The summed E-state index contributed by atoms with van der Waals surface area (Å²) >= 11 is 0. The molecule has 0 saturated carbocycles. The second-order valence-corrected chi connectivity index (χ2v) is 1.11. The van der Waals surface area contributed by atoms with E-state index in [9.17, 15) is 4.79 Å². The van der Waals surface area contributed by atoms with Crippen LogP contribution in [-0.2, 0) is 4.79 Å². The van der Waals surface area contributed by atoms with Crippen LogP contribution in [-0.4, -0.2) is 5.78 Å². The highest BCUT2D eigenvalue weighted by atomic mass is 16.1. The zero-order chi connectivity index (χ0) is 5.70. The predicted molar refractivity (Wildman–Crippen MR) is 30.0 cm³/mol. The van der Waals surface area contributed by atoms with E-state index >= 15 is 0 Å². The van der Waals surface area contributed by atoms with Crippen molar-refractivity contribution in [2.75, 3.05) is 0 Å². The van der Waals surface area contributed by atoms with Crippen LogP contribution in [0.3, 0.4) is 0 Å². The molecule has 0 amide bonds. The van der Waals surface area contributed by atoms with Gasteiger partial charge in [-0.1, -0.05) is 12.7 Å². The van der Waals surface area contributed by atoms with Gasteiger partial charge in [-0.05, 0) is 19.1 Å². The summed E-state index contributed by atoms with van der Waals surface area (Å²) in [5.74, 6) is -0.0394. The van der Waals surface area contributed by atoms with Crippen molar-refractivity contribution in [3.05, 3.63) is 24.8 Å². The van der Waals surface area contributed by atoms with Gasteiger partial charge in [0.15, 0.2) is 5.78 Å². The lowest BCUT2D eigenvalue weighted by Crippen LogP contribution is -1.80. The summed E-state index contributed by atoms with van der Waals surface area (Å²) in [6.07, 6.45) is 4.43. The molecule has 0 aliphatic rings. The standard InChI is InChI=1S/C6H8O/c1-3-5-6(7)4-2/h3-5H,2H2,1H3. The molecule has 0 aliphatic carbocycles. The molecule has 7 heavy (non-hydrogen) atoms. The SMILES string of the molecule is C=CC(=O)C=CC. The second kappa shape index (κ2) is 3.34. The molecule has 0 fully saturated rings. The lowest BCUT2D eigenvalue weighted by atomic mass is 10.3. The zero-order valence-corrected chi connectivity index (χ0v) is 4.35. The maximum absolute atomic E-state index is 10.2. The largest absolute Gasteiger partial charge is 0.290 e. The van der Waals surface area contributed by atoms with Gasteiger partial charge in [-0.25, -0.2) is 0 Å². The van der Waals surface area contributed by atoms with Gasteiger partial charge in [-0.2, -0.15) is 0 Å². The van der Waals surface area contributed by atoms with Crippen LogP contribution < -0.4 is 0 Å². The summed E-state index contributed by atoms with van der Waals surface area (Å²) in [5.41, 5.74) is 0. The molecule has 0 aromatic rings. The Hall–Kier alpha value is -0.850. The fourth-order valence-corrected chi connectivity index (χ4v) is 0.232. The van der Waals surface area contributed by atoms with Crippen LogP contribution in [0.15, 0.2) is 24.8 Å². The quantitative estimate of drug-likeness (QED) is 0.474. The number of carbonyl (C=O) groups excluding carboxylic acids is 1. The Bertz CT molecular complexity index is 101. The van der Waals surface area contributed by atoms with Gasteiger partial charge < -0.3 is 0 Å². The Morgan fingerprint density at radius 3 is 2.43 bits per heavy atom. The Morgan fingerprint density at radius 2 is 2.29 bits per heavy atom. The average molecular weight is 96.1 g/mol. The van der Waals surface area contributed by atoms with E-state index in [4.69, 9.17) is 0 Å². The molecular formula is C6H8O. The fourth-order valence-electron chi connectivity index (χ4n) is 0.232. The predicted octanol–water partition coefficient (Wildman–Crippen LogP) is 1.32. The van der Waals surface area contributed by atoms with Crippen LogP contribution in [0.2, 0.25) is 0 Å². The molecular weight excluding hydrogens is 88.1 g/mol. The maximum Gasteiger partial charge on any atom is 0.177 e. The molecule has 0 aromatic heterocycles. The van der Waals surface area contributed by atoms with Crippen LogP contribution in [0.25, 0.3) is 0 Å². The van der Waals surface area contributed by atoms with Crippen molar-refractivity contribution in [3.8, 4) is 0 Å². The topological polar surface area (TPSA) is 17.1 Å². The molecule has 0 rings (SSSR count).